The number of ether oxygens (including phenoxy) is 2. The van der Waals surface area contributed by atoms with Gasteiger partial charge in [0.05, 0.1) is 24.9 Å². The van der Waals surface area contributed by atoms with Gasteiger partial charge >= 0.3 is 0 Å². The van der Waals surface area contributed by atoms with Gasteiger partial charge in [-0.15, -0.1) is 11.3 Å². The molecule has 1 aliphatic rings. The molecule has 1 fully saturated rings. The lowest BCUT2D eigenvalue weighted by molar-refractivity contribution is 0.181. The molecule has 2 heterocycles. The Balaban J connectivity index is 2.10. The van der Waals surface area contributed by atoms with E-state index in [-0.39, 0.29) is 0 Å². The van der Waals surface area contributed by atoms with E-state index in [2.05, 4.69) is 31.1 Å². The minimum Gasteiger partial charge on any atom is -0.379 e. The SMILES string of the molecule is COCc1nc(N(C)C2CCOC2)sc1CNC(C)C. The number of nitrogens with one attached hydrogen (secondary N) is 1. The first kappa shape index (κ1) is 15.7. The van der Waals surface area contributed by atoms with E-state index in [0.29, 0.717) is 18.7 Å². The van der Waals surface area contributed by atoms with Crippen molar-refractivity contribution in [3.8, 4) is 0 Å². The standard InChI is InChI=1S/C14H25N3O2S/c1-10(2)15-7-13-12(9-18-4)16-14(20-13)17(3)11-5-6-19-8-11/h10-11,15H,5-9H2,1-4H3. The summed E-state index contributed by atoms with van der Waals surface area (Å²) in [7, 11) is 3.82. The molecule has 0 bridgehead atoms. The topological polar surface area (TPSA) is 46.6 Å². The van der Waals surface area contributed by atoms with Gasteiger partial charge < -0.3 is 19.7 Å². The second-order valence-electron chi connectivity index (χ2n) is 5.46. The highest BCUT2D eigenvalue weighted by atomic mass is 32.1. The van der Waals surface area contributed by atoms with Crippen LogP contribution in [-0.4, -0.2) is 44.4 Å². The lowest BCUT2D eigenvalue weighted by Crippen LogP contribution is -2.31. The van der Waals surface area contributed by atoms with Crippen molar-refractivity contribution in [3.05, 3.63) is 10.6 Å². The van der Waals surface area contributed by atoms with Crippen molar-refractivity contribution < 1.29 is 9.47 Å². The maximum Gasteiger partial charge on any atom is 0.185 e. The molecule has 1 aromatic rings. The van der Waals surface area contributed by atoms with Crippen LogP contribution in [0.2, 0.25) is 0 Å². The molecular formula is C14H25N3O2S. The van der Waals surface area contributed by atoms with Crippen LogP contribution in [0.1, 0.15) is 30.8 Å². The zero-order valence-electron chi connectivity index (χ0n) is 12.8. The smallest absolute Gasteiger partial charge is 0.185 e. The second kappa shape index (κ2) is 7.36. The van der Waals surface area contributed by atoms with Gasteiger partial charge in [-0.25, -0.2) is 4.98 Å². The minimum atomic E-state index is 0.447. The van der Waals surface area contributed by atoms with Gasteiger partial charge in [0.2, 0.25) is 0 Å². The molecule has 0 radical (unpaired) electrons. The normalized spacial score (nSPS) is 18.9. The summed E-state index contributed by atoms with van der Waals surface area (Å²) in [5, 5.41) is 4.52. The van der Waals surface area contributed by atoms with E-state index >= 15 is 0 Å². The fourth-order valence-electron chi connectivity index (χ4n) is 2.19. The number of rotatable bonds is 7. The highest BCUT2D eigenvalue weighted by molar-refractivity contribution is 7.15. The number of thiazole rings is 1. The Morgan fingerprint density at radius 3 is 2.95 bits per heavy atom. The summed E-state index contributed by atoms with van der Waals surface area (Å²) in [4.78, 5) is 8.26. The molecule has 0 spiro atoms. The number of aromatic nitrogens is 1. The van der Waals surface area contributed by atoms with Gasteiger partial charge in [-0.1, -0.05) is 13.8 Å². The first-order valence-electron chi connectivity index (χ1n) is 7.13. The molecule has 0 aliphatic carbocycles. The molecule has 0 saturated carbocycles. The molecule has 5 nitrogen and oxygen atoms in total. The number of hydrogen-bond acceptors (Lipinski definition) is 6. The van der Waals surface area contributed by atoms with E-state index in [9.17, 15) is 0 Å². The number of anilines is 1. The molecule has 6 heteroatoms. The van der Waals surface area contributed by atoms with Crippen LogP contribution >= 0.6 is 11.3 Å². The molecule has 1 unspecified atom stereocenters. The fraction of sp³-hybridized carbons (Fsp3) is 0.786. The summed E-state index contributed by atoms with van der Waals surface area (Å²) in [5.41, 5.74) is 1.05. The first-order chi connectivity index (χ1) is 9.61. The first-order valence-corrected chi connectivity index (χ1v) is 7.95. The van der Waals surface area contributed by atoms with Gasteiger partial charge in [0, 0.05) is 38.2 Å². The average Bonchev–Trinajstić information content (AvgIpc) is 3.05. The van der Waals surface area contributed by atoms with Gasteiger partial charge in [-0.3, -0.25) is 0 Å². The highest BCUT2D eigenvalue weighted by Gasteiger charge is 2.24. The molecule has 1 atom stereocenters. The minimum absolute atomic E-state index is 0.447. The Morgan fingerprint density at radius 2 is 2.35 bits per heavy atom. The molecule has 114 valence electrons. The highest BCUT2D eigenvalue weighted by Crippen LogP contribution is 2.29. The summed E-state index contributed by atoms with van der Waals surface area (Å²) < 4.78 is 10.7. The molecule has 1 aromatic heterocycles. The summed E-state index contributed by atoms with van der Waals surface area (Å²) >= 11 is 1.75. The molecular weight excluding hydrogens is 274 g/mol. The largest absolute Gasteiger partial charge is 0.379 e. The van der Waals surface area contributed by atoms with Crippen LogP contribution in [0.3, 0.4) is 0 Å². The number of nitrogens with zero attached hydrogens (tertiary/aromatic N) is 2. The zero-order chi connectivity index (χ0) is 14.5. The summed E-state index contributed by atoms with van der Waals surface area (Å²) in [6.45, 7) is 7.38. The van der Waals surface area contributed by atoms with Crippen LogP contribution in [0.25, 0.3) is 0 Å². The van der Waals surface area contributed by atoms with Gasteiger partial charge in [-0.2, -0.15) is 0 Å². The lowest BCUT2D eigenvalue weighted by atomic mass is 10.2. The van der Waals surface area contributed by atoms with Crippen LogP contribution in [-0.2, 0) is 22.6 Å². The van der Waals surface area contributed by atoms with Crippen molar-refractivity contribution in [1.29, 1.82) is 0 Å². The third-order valence-electron chi connectivity index (χ3n) is 3.47. The van der Waals surface area contributed by atoms with Crippen molar-refractivity contribution in [2.45, 2.75) is 45.5 Å². The maximum absolute atomic E-state index is 5.46. The Morgan fingerprint density at radius 1 is 1.55 bits per heavy atom. The predicted molar refractivity (Wildman–Crippen MR) is 82.4 cm³/mol. The average molecular weight is 299 g/mol. The quantitative estimate of drug-likeness (QED) is 0.834. The summed E-state index contributed by atoms with van der Waals surface area (Å²) in [6.07, 6.45) is 1.08. The Hall–Kier alpha value is -0.690. The third kappa shape index (κ3) is 3.91. The van der Waals surface area contributed by atoms with Gasteiger partial charge in [0.25, 0.3) is 0 Å². The maximum atomic E-state index is 5.46. The van der Waals surface area contributed by atoms with Crippen molar-refractivity contribution in [2.24, 2.45) is 0 Å². The molecule has 1 N–H and O–H groups in total. The second-order valence-corrected chi connectivity index (χ2v) is 6.53. The monoisotopic (exact) mass is 299 g/mol. The lowest BCUT2D eigenvalue weighted by Gasteiger charge is -2.21. The summed E-state index contributed by atoms with van der Waals surface area (Å²) in [6, 6.07) is 0.916. The van der Waals surface area contributed by atoms with Gasteiger partial charge in [0.15, 0.2) is 5.13 Å². The van der Waals surface area contributed by atoms with E-state index in [1.54, 1.807) is 18.4 Å². The molecule has 20 heavy (non-hydrogen) atoms. The van der Waals surface area contributed by atoms with E-state index in [0.717, 1.165) is 37.0 Å². The molecule has 0 amide bonds. The van der Waals surface area contributed by atoms with E-state index in [1.807, 2.05) is 0 Å². The van der Waals surface area contributed by atoms with E-state index < -0.39 is 0 Å². The Bertz CT molecular complexity index is 417. The van der Waals surface area contributed by atoms with Gasteiger partial charge in [0.1, 0.15) is 0 Å². The Labute approximate surface area is 125 Å². The van der Waals surface area contributed by atoms with E-state index in [1.165, 1.54) is 4.88 Å². The number of methoxy groups -OCH3 is 1. The van der Waals surface area contributed by atoms with Crippen LogP contribution in [0.15, 0.2) is 0 Å². The fourth-order valence-corrected chi connectivity index (χ4v) is 3.24. The van der Waals surface area contributed by atoms with Crippen LogP contribution in [0, 0.1) is 0 Å². The molecule has 1 aliphatic heterocycles. The van der Waals surface area contributed by atoms with E-state index in [4.69, 9.17) is 14.5 Å². The van der Waals surface area contributed by atoms with Crippen LogP contribution in [0.4, 0.5) is 5.13 Å². The number of likely N-dealkylation sites (N-methyl/N-ethyl adjacent to an activating group) is 1. The predicted octanol–water partition coefficient (Wildman–Crippen LogP) is 2.01. The van der Waals surface area contributed by atoms with Crippen molar-refractivity contribution >= 4 is 16.5 Å². The van der Waals surface area contributed by atoms with Gasteiger partial charge in [-0.05, 0) is 6.42 Å². The summed E-state index contributed by atoms with van der Waals surface area (Å²) in [5.74, 6) is 0. The van der Waals surface area contributed by atoms with Crippen molar-refractivity contribution in [3.63, 3.8) is 0 Å². The molecule has 2 rings (SSSR count). The van der Waals surface area contributed by atoms with Crippen molar-refractivity contribution in [2.75, 3.05) is 32.3 Å². The Kier molecular flexibility index (Phi) is 5.77. The third-order valence-corrected chi connectivity index (χ3v) is 4.66. The van der Waals surface area contributed by atoms with Crippen molar-refractivity contribution in [1.82, 2.24) is 10.3 Å². The zero-order valence-corrected chi connectivity index (χ0v) is 13.6. The molecule has 1 saturated heterocycles. The van der Waals surface area contributed by atoms with Crippen LogP contribution < -0.4 is 10.2 Å². The van der Waals surface area contributed by atoms with Crippen LogP contribution in [0.5, 0.6) is 0 Å². The molecule has 0 aromatic carbocycles. The number of hydrogen-bond donors (Lipinski definition) is 1.